The third-order valence-corrected chi connectivity index (χ3v) is 3.00. The van der Waals surface area contributed by atoms with Gasteiger partial charge in [0, 0.05) is 38.4 Å². The normalized spacial score (nSPS) is 22.2. The van der Waals surface area contributed by atoms with Crippen LogP contribution in [0.3, 0.4) is 0 Å². The first-order valence-corrected chi connectivity index (χ1v) is 5.83. The Balaban J connectivity index is 1.94. The lowest BCUT2D eigenvalue weighted by Crippen LogP contribution is -2.49. The van der Waals surface area contributed by atoms with Crippen molar-refractivity contribution in [2.24, 2.45) is 0 Å². The average Bonchev–Trinajstić information content (AvgIpc) is 2.29. The molecule has 1 unspecified atom stereocenters. The van der Waals surface area contributed by atoms with Crippen LogP contribution in [0.15, 0.2) is 18.5 Å². The van der Waals surface area contributed by atoms with Gasteiger partial charge in [-0.1, -0.05) is 6.92 Å². The minimum atomic E-state index is -0.250. The van der Waals surface area contributed by atoms with E-state index in [9.17, 15) is 4.39 Å². The van der Waals surface area contributed by atoms with Crippen LogP contribution in [0.5, 0.6) is 0 Å². The van der Waals surface area contributed by atoms with Crippen molar-refractivity contribution < 1.29 is 4.39 Å². The Kier molecular flexibility index (Phi) is 3.85. The molecule has 2 heterocycles. The maximum Gasteiger partial charge on any atom is 0.141 e. The van der Waals surface area contributed by atoms with Crippen LogP contribution in [0.4, 0.5) is 4.39 Å². The molecular weight excluding hydrogens is 205 g/mol. The van der Waals surface area contributed by atoms with Crippen LogP contribution in [0, 0.1) is 5.82 Å². The van der Waals surface area contributed by atoms with Gasteiger partial charge in [0.15, 0.2) is 0 Å². The lowest BCUT2D eigenvalue weighted by Gasteiger charge is -2.33. The molecule has 0 radical (unpaired) electrons. The van der Waals surface area contributed by atoms with Gasteiger partial charge < -0.3 is 5.32 Å². The van der Waals surface area contributed by atoms with E-state index in [-0.39, 0.29) is 5.82 Å². The number of rotatable bonds is 3. The Morgan fingerprint density at radius 3 is 3.19 bits per heavy atom. The molecule has 0 aromatic carbocycles. The molecule has 0 saturated carbocycles. The number of nitrogens with one attached hydrogen (secondary N) is 1. The van der Waals surface area contributed by atoms with E-state index >= 15 is 0 Å². The molecule has 1 aliphatic rings. The van der Waals surface area contributed by atoms with E-state index in [4.69, 9.17) is 0 Å². The summed E-state index contributed by atoms with van der Waals surface area (Å²) in [6.45, 7) is 6.05. The Bertz CT molecular complexity index is 343. The Morgan fingerprint density at radius 1 is 1.56 bits per heavy atom. The Hall–Kier alpha value is -1.00. The summed E-state index contributed by atoms with van der Waals surface area (Å²) < 4.78 is 13.0. The molecule has 16 heavy (non-hydrogen) atoms. The molecule has 0 spiro atoms. The number of pyridine rings is 1. The van der Waals surface area contributed by atoms with E-state index in [1.807, 2.05) is 0 Å². The van der Waals surface area contributed by atoms with E-state index in [1.54, 1.807) is 12.3 Å². The highest BCUT2D eigenvalue weighted by Gasteiger charge is 2.17. The van der Waals surface area contributed by atoms with Gasteiger partial charge in [-0.15, -0.1) is 0 Å². The van der Waals surface area contributed by atoms with Gasteiger partial charge in [-0.2, -0.15) is 0 Å². The van der Waals surface area contributed by atoms with Crippen molar-refractivity contribution in [1.82, 2.24) is 15.2 Å². The van der Waals surface area contributed by atoms with Crippen molar-refractivity contribution in [3.63, 3.8) is 0 Å². The molecule has 1 aromatic heterocycles. The second kappa shape index (κ2) is 5.37. The van der Waals surface area contributed by atoms with Gasteiger partial charge in [-0.25, -0.2) is 4.39 Å². The fourth-order valence-corrected chi connectivity index (χ4v) is 2.11. The zero-order valence-corrected chi connectivity index (χ0v) is 9.62. The van der Waals surface area contributed by atoms with Crippen molar-refractivity contribution in [1.29, 1.82) is 0 Å². The monoisotopic (exact) mass is 223 g/mol. The topological polar surface area (TPSA) is 28.2 Å². The fourth-order valence-electron chi connectivity index (χ4n) is 2.11. The molecule has 0 aliphatic carbocycles. The van der Waals surface area contributed by atoms with Crippen LogP contribution in [-0.4, -0.2) is 35.6 Å². The van der Waals surface area contributed by atoms with E-state index in [1.165, 1.54) is 6.20 Å². The SMILES string of the molecule is CCC1CN(Cc2cncc(F)c2)CCN1. The van der Waals surface area contributed by atoms with Gasteiger partial charge in [0.05, 0.1) is 6.20 Å². The summed E-state index contributed by atoms with van der Waals surface area (Å²) in [6, 6.07) is 2.13. The van der Waals surface area contributed by atoms with Gasteiger partial charge in [0.25, 0.3) is 0 Å². The third kappa shape index (κ3) is 3.00. The molecule has 1 aromatic rings. The molecule has 1 fully saturated rings. The van der Waals surface area contributed by atoms with Gasteiger partial charge >= 0.3 is 0 Å². The van der Waals surface area contributed by atoms with E-state index in [2.05, 4.69) is 22.1 Å². The number of nitrogens with zero attached hydrogens (tertiary/aromatic N) is 2. The van der Waals surface area contributed by atoms with Crippen molar-refractivity contribution in [2.45, 2.75) is 25.9 Å². The number of halogens is 1. The second-order valence-electron chi connectivity index (χ2n) is 4.31. The van der Waals surface area contributed by atoms with Crippen LogP contribution >= 0.6 is 0 Å². The molecule has 2 rings (SSSR count). The van der Waals surface area contributed by atoms with Crippen LogP contribution in [0.1, 0.15) is 18.9 Å². The van der Waals surface area contributed by atoms with Gasteiger partial charge in [0.2, 0.25) is 0 Å². The van der Waals surface area contributed by atoms with Crippen LogP contribution < -0.4 is 5.32 Å². The number of hydrogen-bond donors (Lipinski definition) is 1. The Labute approximate surface area is 95.7 Å². The zero-order chi connectivity index (χ0) is 11.4. The fraction of sp³-hybridized carbons (Fsp3) is 0.583. The number of aromatic nitrogens is 1. The first kappa shape index (κ1) is 11.5. The molecule has 88 valence electrons. The highest BCUT2D eigenvalue weighted by Crippen LogP contribution is 2.09. The van der Waals surface area contributed by atoms with Crippen LogP contribution in [0.25, 0.3) is 0 Å². The predicted octanol–water partition coefficient (Wildman–Crippen LogP) is 1.40. The highest BCUT2D eigenvalue weighted by atomic mass is 19.1. The van der Waals surface area contributed by atoms with E-state index in [0.29, 0.717) is 6.04 Å². The molecule has 4 heteroatoms. The first-order valence-electron chi connectivity index (χ1n) is 5.83. The molecule has 1 saturated heterocycles. The quantitative estimate of drug-likeness (QED) is 0.839. The standard InChI is InChI=1S/C12H18FN3/c1-2-12-9-16(4-3-15-12)8-10-5-11(13)7-14-6-10/h5-7,12,15H,2-4,8-9H2,1H3. The molecule has 1 N–H and O–H groups in total. The molecule has 3 nitrogen and oxygen atoms in total. The second-order valence-corrected chi connectivity index (χ2v) is 4.31. The van der Waals surface area contributed by atoms with Crippen molar-refractivity contribution >= 4 is 0 Å². The smallest absolute Gasteiger partial charge is 0.141 e. The summed E-state index contributed by atoms with van der Waals surface area (Å²) in [5.41, 5.74) is 0.955. The number of hydrogen-bond acceptors (Lipinski definition) is 3. The van der Waals surface area contributed by atoms with Crippen molar-refractivity contribution in [2.75, 3.05) is 19.6 Å². The maximum absolute atomic E-state index is 13.0. The van der Waals surface area contributed by atoms with Crippen molar-refractivity contribution in [3.05, 3.63) is 29.8 Å². The summed E-state index contributed by atoms with van der Waals surface area (Å²) in [4.78, 5) is 6.22. The molecular formula is C12H18FN3. The summed E-state index contributed by atoms with van der Waals surface area (Å²) >= 11 is 0. The minimum absolute atomic E-state index is 0.250. The van der Waals surface area contributed by atoms with Gasteiger partial charge in [-0.05, 0) is 18.1 Å². The molecule has 0 bridgehead atoms. The first-order chi connectivity index (χ1) is 7.78. The minimum Gasteiger partial charge on any atom is -0.311 e. The summed E-state index contributed by atoms with van der Waals surface area (Å²) in [5, 5.41) is 3.46. The van der Waals surface area contributed by atoms with Crippen molar-refractivity contribution in [3.8, 4) is 0 Å². The molecule has 1 atom stereocenters. The zero-order valence-electron chi connectivity index (χ0n) is 9.62. The Morgan fingerprint density at radius 2 is 2.44 bits per heavy atom. The van der Waals surface area contributed by atoms with Gasteiger partial charge in [-0.3, -0.25) is 9.88 Å². The summed E-state index contributed by atoms with van der Waals surface area (Å²) in [7, 11) is 0. The largest absolute Gasteiger partial charge is 0.311 e. The lowest BCUT2D eigenvalue weighted by molar-refractivity contribution is 0.189. The molecule has 0 amide bonds. The summed E-state index contributed by atoms with van der Waals surface area (Å²) in [6.07, 6.45) is 4.13. The lowest BCUT2D eigenvalue weighted by atomic mass is 10.1. The maximum atomic E-state index is 13.0. The highest BCUT2D eigenvalue weighted by molar-refractivity contribution is 5.10. The predicted molar refractivity (Wildman–Crippen MR) is 61.6 cm³/mol. The van der Waals surface area contributed by atoms with E-state index < -0.39 is 0 Å². The van der Waals surface area contributed by atoms with Crippen LogP contribution in [0.2, 0.25) is 0 Å². The summed E-state index contributed by atoms with van der Waals surface area (Å²) in [5.74, 6) is -0.250. The van der Waals surface area contributed by atoms with Crippen LogP contribution in [-0.2, 0) is 6.54 Å². The third-order valence-electron chi connectivity index (χ3n) is 3.00. The van der Waals surface area contributed by atoms with Gasteiger partial charge in [0.1, 0.15) is 5.82 Å². The average molecular weight is 223 g/mol. The number of piperazine rings is 1. The molecule has 1 aliphatic heterocycles. The van der Waals surface area contributed by atoms with E-state index in [0.717, 1.165) is 38.2 Å².